The molecule has 0 bridgehead atoms. The molecule has 0 fully saturated rings. The molecule has 0 saturated carbocycles. The molecule has 0 radical (unpaired) electrons. The monoisotopic (exact) mass is 600 g/mol. The van der Waals surface area contributed by atoms with Crippen LogP contribution in [0.15, 0.2) is 174 Å². The molecule has 0 unspecified atom stereocenters. The SMILES string of the molecule is c1ccc(-c2ccc(-c3cc(-c4cccc(-c5ccc6ccccc6c5)c4)nc(-c4cccc5c4oc4ccccc45)n3)cc2)cc1. The van der Waals surface area contributed by atoms with Crippen molar-refractivity contribution < 1.29 is 4.42 Å². The third-order valence-corrected chi connectivity index (χ3v) is 8.90. The smallest absolute Gasteiger partial charge is 0.164 e. The minimum Gasteiger partial charge on any atom is -0.455 e. The van der Waals surface area contributed by atoms with E-state index >= 15 is 0 Å². The van der Waals surface area contributed by atoms with Crippen LogP contribution < -0.4 is 0 Å². The highest BCUT2D eigenvalue weighted by Gasteiger charge is 2.17. The highest BCUT2D eigenvalue weighted by Crippen LogP contribution is 2.37. The summed E-state index contributed by atoms with van der Waals surface area (Å²) in [5.41, 5.74) is 10.9. The Morgan fingerprint density at radius 1 is 0.362 bits per heavy atom. The van der Waals surface area contributed by atoms with Crippen LogP contribution in [0.5, 0.6) is 0 Å². The van der Waals surface area contributed by atoms with Gasteiger partial charge in [-0.25, -0.2) is 9.97 Å². The van der Waals surface area contributed by atoms with Crippen molar-refractivity contribution in [1.82, 2.24) is 9.97 Å². The lowest BCUT2D eigenvalue weighted by Crippen LogP contribution is -1.96. The van der Waals surface area contributed by atoms with E-state index in [9.17, 15) is 0 Å². The quantitative estimate of drug-likeness (QED) is 0.197. The van der Waals surface area contributed by atoms with E-state index in [0.29, 0.717) is 5.82 Å². The van der Waals surface area contributed by atoms with Crippen LogP contribution in [0.1, 0.15) is 0 Å². The molecule has 2 aromatic heterocycles. The van der Waals surface area contributed by atoms with Gasteiger partial charge in [0, 0.05) is 21.9 Å². The maximum atomic E-state index is 6.43. The number of furan rings is 1. The summed E-state index contributed by atoms with van der Waals surface area (Å²) in [6.07, 6.45) is 0. The first-order valence-corrected chi connectivity index (χ1v) is 15.8. The summed E-state index contributed by atoms with van der Waals surface area (Å²) in [4.78, 5) is 10.4. The highest BCUT2D eigenvalue weighted by molar-refractivity contribution is 6.09. The molecule has 0 aliphatic carbocycles. The summed E-state index contributed by atoms with van der Waals surface area (Å²) < 4.78 is 6.43. The van der Waals surface area contributed by atoms with Crippen molar-refractivity contribution in [2.45, 2.75) is 0 Å². The highest BCUT2D eigenvalue weighted by atomic mass is 16.3. The number of aromatic nitrogens is 2. The molecule has 0 N–H and O–H groups in total. The number of para-hydroxylation sites is 2. The molecule has 0 amide bonds. The molecule has 2 heterocycles. The van der Waals surface area contributed by atoms with Gasteiger partial charge in [-0.3, -0.25) is 0 Å². The predicted molar refractivity (Wildman–Crippen MR) is 194 cm³/mol. The first kappa shape index (κ1) is 27.0. The van der Waals surface area contributed by atoms with Crippen LogP contribution in [0.2, 0.25) is 0 Å². The van der Waals surface area contributed by atoms with Gasteiger partial charge in [-0.2, -0.15) is 0 Å². The van der Waals surface area contributed by atoms with Gasteiger partial charge in [-0.15, -0.1) is 0 Å². The number of rotatable bonds is 5. The van der Waals surface area contributed by atoms with Crippen LogP contribution in [0.25, 0.3) is 88.9 Å². The van der Waals surface area contributed by atoms with Gasteiger partial charge in [0.1, 0.15) is 11.2 Å². The average molecular weight is 601 g/mol. The number of benzene rings is 7. The van der Waals surface area contributed by atoms with E-state index in [4.69, 9.17) is 14.4 Å². The predicted octanol–water partition coefficient (Wildman–Crippen LogP) is 11.9. The minimum absolute atomic E-state index is 0.630. The van der Waals surface area contributed by atoms with Gasteiger partial charge in [-0.1, -0.05) is 140 Å². The summed E-state index contributed by atoms with van der Waals surface area (Å²) in [7, 11) is 0. The van der Waals surface area contributed by atoms with Gasteiger partial charge in [0.2, 0.25) is 0 Å². The Morgan fingerprint density at radius 3 is 1.83 bits per heavy atom. The largest absolute Gasteiger partial charge is 0.455 e. The van der Waals surface area contributed by atoms with Crippen LogP contribution in [-0.4, -0.2) is 9.97 Å². The molecule has 0 aliphatic rings. The van der Waals surface area contributed by atoms with E-state index in [1.54, 1.807) is 0 Å². The van der Waals surface area contributed by atoms with Crippen molar-refractivity contribution in [1.29, 1.82) is 0 Å². The van der Waals surface area contributed by atoms with Crippen LogP contribution in [0, 0.1) is 0 Å². The second-order valence-corrected chi connectivity index (χ2v) is 11.8. The molecule has 220 valence electrons. The van der Waals surface area contributed by atoms with Gasteiger partial charge in [0.15, 0.2) is 5.82 Å². The molecular formula is C44H28N2O. The van der Waals surface area contributed by atoms with Crippen molar-refractivity contribution in [3.8, 4) is 56.2 Å². The van der Waals surface area contributed by atoms with Crippen LogP contribution in [0.3, 0.4) is 0 Å². The molecule has 3 heteroatoms. The zero-order chi connectivity index (χ0) is 31.2. The number of hydrogen-bond acceptors (Lipinski definition) is 3. The number of hydrogen-bond donors (Lipinski definition) is 0. The van der Waals surface area contributed by atoms with Crippen molar-refractivity contribution in [2.75, 3.05) is 0 Å². The van der Waals surface area contributed by atoms with Gasteiger partial charge < -0.3 is 4.42 Å². The number of fused-ring (bicyclic) bond motifs is 4. The Kier molecular flexibility index (Phi) is 6.46. The van der Waals surface area contributed by atoms with Crippen molar-refractivity contribution >= 4 is 32.7 Å². The molecule has 9 rings (SSSR count). The summed E-state index contributed by atoms with van der Waals surface area (Å²) in [6.45, 7) is 0. The van der Waals surface area contributed by atoms with E-state index in [2.05, 4.69) is 146 Å². The van der Waals surface area contributed by atoms with Crippen LogP contribution in [-0.2, 0) is 0 Å². The Labute approximate surface area is 272 Å². The fourth-order valence-corrected chi connectivity index (χ4v) is 6.48. The molecule has 0 spiro atoms. The molecule has 0 saturated heterocycles. The lowest BCUT2D eigenvalue weighted by Gasteiger charge is -2.12. The second kappa shape index (κ2) is 11.2. The maximum Gasteiger partial charge on any atom is 0.164 e. The Bertz CT molecular complexity index is 2560. The number of nitrogens with zero attached hydrogens (tertiary/aromatic N) is 2. The normalized spacial score (nSPS) is 11.4. The van der Waals surface area contributed by atoms with E-state index in [0.717, 1.165) is 55.6 Å². The second-order valence-electron chi connectivity index (χ2n) is 11.8. The summed E-state index contributed by atoms with van der Waals surface area (Å²) >= 11 is 0. The van der Waals surface area contributed by atoms with Gasteiger partial charge in [0.05, 0.1) is 17.0 Å². The fourth-order valence-electron chi connectivity index (χ4n) is 6.48. The Morgan fingerprint density at radius 2 is 0.957 bits per heavy atom. The molecule has 3 nitrogen and oxygen atoms in total. The van der Waals surface area contributed by atoms with Crippen molar-refractivity contribution in [3.63, 3.8) is 0 Å². The summed E-state index contributed by atoms with van der Waals surface area (Å²) in [6, 6.07) is 59.2. The lowest BCUT2D eigenvalue weighted by molar-refractivity contribution is 0.669. The summed E-state index contributed by atoms with van der Waals surface area (Å²) in [5.74, 6) is 0.630. The van der Waals surface area contributed by atoms with Gasteiger partial charge in [-0.05, 0) is 63.4 Å². The van der Waals surface area contributed by atoms with E-state index in [1.807, 2.05) is 24.3 Å². The molecule has 47 heavy (non-hydrogen) atoms. The van der Waals surface area contributed by atoms with E-state index in [-0.39, 0.29) is 0 Å². The minimum atomic E-state index is 0.630. The third-order valence-electron chi connectivity index (χ3n) is 8.90. The van der Waals surface area contributed by atoms with Crippen LogP contribution >= 0.6 is 0 Å². The van der Waals surface area contributed by atoms with Crippen molar-refractivity contribution in [3.05, 3.63) is 170 Å². The zero-order valence-electron chi connectivity index (χ0n) is 25.5. The maximum absolute atomic E-state index is 6.43. The summed E-state index contributed by atoms with van der Waals surface area (Å²) in [5, 5.41) is 4.59. The van der Waals surface area contributed by atoms with Crippen molar-refractivity contribution in [2.24, 2.45) is 0 Å². The topological polar surface area (TPSA) is 38.9 Å². The first-order chi connectivity index (χ1) is 23.3. The molecule has 7 aromatic carbocycles. The third kappa shape index (κ3) is 4.95. The van der Waals surface area contributed by atoms with Gasteiger partial charge >= 0.3 is 0 Å². The van der Waals surface area contributed by atoms with Crippen LogP contribution in [0.4, 0.5) is 0 Å². The average Bonchev–Trinajstić information content (AvgIpc) is 3.54. The fraction of sp³-hybridized carbons (Fsp3) is 0. The molecule has 0 aliphatic heterocycles. The first-order valence-electron chi connectivity index (χ1n) is 15.8. The van der Waals surface area contributed by atoms with Gasteiger partial charge in [0.25, 0.3) is 0 Å². The Balaban J connectivity index is 1.21. The van der Waals surface area contributed by atoms with E-state index < -0.39 is 0 Å². The van der Waals surface area contributed by atoms with E-state index in [1.165, 1.54) is 27.5 Å². The standard InChI is InChI=1S/C44H28N2O/c1-2-10-29(11-3-1)31-20-23-32(24-21-31)40-28-41(36-15-8-14-34(27-36)35-25-22-30-12-4-5-13-33(30)26-35)46-44(45-40)39-18-9-17-38-37-16-6-7-19-42(37)47-43(38)39/h1-28H. The molecule has 9 aromatic rings. The Hall–Kier alpha value is -6.32. The zero-order valence-corrected chi connectivity index (χ0v) is 25.5. The lowest BCUT2D eigenvalue weighted by atomic mass is 9.98. The molecule has 0 atom stereocenters. The molecular weight excluding hydrogens is 572 g/mol.